The Bertz CT molecular complexity index is 1020. The van der Waals surface area contributed by atoms with Gasteiger partial charge in [0.2, 0.25) is 0 Å². The van der Waals surface area contributed by atoms with Crippen LogP contribution in [0.25, 0.3) is 0 Å². The van der Waals surface area contributed by atoms with Crippen molar-refractivity contribution in [3.63, 3.8) is 0 Å². The summed E-state index contributed by atoms with van der Waals surface area (Å²) >= 11 is 0. The molecule has 0 radical (unpaired) electrons. The van der Waals surface area contributed by atoms with Crippen molar-refractivity contribution in [3.8, 4) is 0 Å². The van der Waals surface area contributed by atoms with Gasteiger partial charge in [-0.2, -0.15) is 0 Å². The Morgan fingerprint density at radius 2 is 1.32 bits per heavy atom. The van der Waals surface area contributed by atoms with E-state index in [1.54, 1.807) is 42.5 Å². The van der Waals surface area contributed by atoms with Crippen LogP contribution in [0.4, 0.5) is 0 Å². The van der Waals surface area contributed by atoms with Crippen LogP contribution in [0.5, 0.6) is 0 Å². The monoisotopic (exact) mass is 416 g/mol. The maximum absolute atomic E-state index is 13.8. The van der Waals surface area contributed by atoms with Gasteiger partial charge in [-0.15, -0.1) is 6.58 Å². The fourth-order valence-corrected chi connectivity index (χ4v) is 9.32. The number of allylic oxidation sites excluding steroid dienone is 2. The molecule has 0 aromatic heterocycles. The molecular formula is C22H24O4S2. The molecule has 2 atom stereocenters. The maximum Gasteiger partial charge on any atom is 0.198 e. The van der Waals surface area contributed by atoms with Gasteiger partial charge in [0.25, 0.3) is 0 Å². The summed E-state index contributed by atoms with van der Waals surface area (Å²) in [6.45, 7) is 9.60. The summed E-state index contributed by atoms with van der Waals surface area (Å²) in [7, 11) is -8.38. The molecule has 28 heavy (non-hydrogen) atoms. The molecule has 0 N–H and O–H groups in total. The van der Waals surface area contributed by atoms with Crippen LogP contribution in [-0.4, -0.2) is 20.9 Å². The summed E-state index contributed by atoms with van der Waals surface area (Å²) in [6, 6.07) is 15.6. The lowest BCUT2D eigenvalue weighted by Gasteiger charge is -2.29. The summed E-state index contributed by atoms with van der Waals surface area (Å²) in [4.78, 5) is 0.0272. The molecule has 0 heterocycles. The van der Waals surface area contributed by atoms with E-state index in [-0.39, 0.29) is 34.5 Å². The van der Waals surface area contributed by atoms with E-state index in [1.165, 1.54) is 24.3 Å². The molecule has 0 aliphatic heterocycles. The predicted octanol–water partition coefficient (Wildman–Crippen LogP) is 4.42. The first-order valence-corrected chi connectivity index (χ1v) is 12.0. The molecule has 1 aliphatic carbocycles. The first-order chi connectivity index (χ1) is 13.2. The Morgan fingerprint density at radius 1 is 0.893 bits per heavy atom. The molecule has 148 valence electrons. The van der Waals surface area contributed by atoms with Crippen molar-refractivity contribution in [3.05, 3.63) is 85.5 Å². The number of benzene rings is 2. The van der Waals surface area contributed by atoms with Crippen molar-refractivity contribution in [1.29, 1.82) is 0 Å². The predicted molar refractivity (Wildman–Crippen MR) is 111 cm³/mol. The molecular weight excluding hydrogens is 392 g/mol. The van der Waals surface area contributed by atoms with Crippen LogP contribution in [0.1, 0.15) is 19.8 Å². The standard InChI is InChI=1S/C22H24O4S2/c1-4-18-15-22(16-21(18)17(2)3,27(23,24)19-11-7-5-8-12-19)28(25,26)20-13-9-6-10-14-20/h4-14,18,21H,1-2,15-16H2,3H3/t18-,21+/m1/s1. The van der Waals surface area contributed by atoms with Crippen molar-refractivity contribution in [1.82, 2.24) is 0 Å². The second-order valence-electron chi connectivity index (χ2n) is 7.30. The summed E-state index contributed by atoms with van der Waals surface area (Å²) < 4.78 is 53.1. The van der Waals surface area contributed by atoms with E-state index in [9.17, 15) is 16.8 Å². The van der Waals surface area contributed by atoms with Crippen LogP contribution in [0, 0.1) is 11.8 Å². The average molecular weight is 417 g/mol. The maximum atomic E-state index is 13.8. The van der Waals surface area contributed by atoms with Gasteiger partial charge in [0.05, 0.1) is 9.79 Å². The lowest BCUT2D eigenvalue weighted by molar-refractivity contribution is 0.529. The molecule has 2 aromatic rings. The molecule has 0 unspecified atom stereocenters. The molecule has 1 aliphatic rings. The van der Waals surface area contributed by atoms with E-state index in [0.717, 1.165) is 5.57 Å². The summed E-state index contributed by atoms with van der Waals surface area (Å²) in [6.07, 6.45) is 1.58. The third-order valence-corrected chi connectivity index (χ3v) is 11.3. The van der Waals surface area contributed by atoms with Gasteiger partial charge in [0.1, 0.15) is 0 Å². The van der Waals surface area contributed by atoms with Gasteiger partial charge in [-0.25, -0.2) is 16.8 Å². The minimum absolute atomic E-state index is 0.0136. The third-order valence-electron chi connectivity index (χ3n) is 5.62. The molecule has 0 saturated heterocycles. The van der Waals surface area contributed by atoms with Gasteiger partial charge < -0.3 is 0 Å². The largest absolute Gasteiger partial charge is 0.222 e. The van der Waals surface area contributed by atoms with Gasteiger partial charge in [0.15, 0.2) is 23.8 Å². The van der Waals surface area contributed by atoms with Crippen molar-refractivity contribution in [2.75, 3.05) is 0 Å². The van der Waals surface area contributed by atoms with Crippen LogP contribution in [0.3, 0.4) is 0 Å². The fraction of sp³-hybridized carbons (Fsp3) is 0.273. The molecule has 2 aromatic carbocycles. The zero-order chi connectivity index (χ0) is 20.6. The zero-order valence-corrected chi connectivity index (χ0v) is 17.4. The highest BCUT2D eigenvalue weighted by Crippen LogP contribution is 2.53. The third kappa shape index (κ3) is 3.05. The smallest absolute Gasteiger partial charge is 0.198 e. The summed E-state index contributed by atoms with van der Waals surface area (Å²) in [5.74, 6) is -0.552. The minimum atomic E-state index is -4.19. The Hall–Kier alpha value is -2.18. The summed E-state index contributed by atoms with van der Waals surface area (Å²) in [5, 5.41) is 0. The quantitative estimate of drug-likeness (QED) is 0.654. The van der Waals surface area contributed by atoms with Gasteiger partial charge in [-0.05, 0) is 55.9 Å². The van der Waals surface area contributed by atoms with Crippen molar-refractivity contribution >= 4 is 19.7 Å². The topological polar surface area (TPSA) is 68.3 Å². The Kier molecular flexibility index (Phi) is 5.38. The Balaban J connectivity index is 2.31. The molecule has 6 heteroatoms. The highest BCUT2D eigenvalue weighted by atomic mass is 32.3. The van der Waals surface area contributed by atoms with E-state index < -0.39 is 23.8 Å². The zero-order valence-electron chi connectivity index (χ0n) is 15.8. The lowest BCUT2D eigenvalue weighted by atomic mass is 9.91. The lowest BCUT2D eigenvalue weighted by Crippen LogP contribution is -2.44. The number of sulfone groups is 2. The highest BCUT2D eigenvalue weighted by molar-refractivity contribution is 8.10. The molecule has 1 fully saturated rings. The van der Waals surface area contributed by atoms with Gasteiger partial charge in [-0.3, -0.25) is 0 Å². The fourth-order valence-electron chi connectivity index (χ4n) is 4.07. The van der Waals surface area contributed by atoms with Crippen LogP contribution in [0.2, 0.25) is 0 Å². The molecule has 0 spiro atoms. The van der Waals surface area contributed by atoms with E-state index >= 15 is 0 Å². The van der Waals surface area contributed by atoms with E-state index in [4.69, 9.17) is 0 Å². The molecule has 1 saturated carbocycles. The second-order valence-corrected chi connectivity index (χ2v) is 12.1. The molecule has 0 amide bonds. The SMILES string of the molecule is C=C[C@@H]1CC(S(=O)(=O)c2ccccc2)(S(=O)(=O)c2ccccc2)C[C@H]1C(=C)C. The average Bonchev–Trinajstić information content (AvgIpc) is 3.12. The Morgan fingerprint density at radius 3 is 1.64 bits per heavy atom. The number of rotatable bonds is 6. The summed E-state index contributed by atoms with van der Waals surface area (Å²) in [5.41, 5.74) is 0.762. The van der Waals surface area contributed by atoms with Crippen LogP contribution < -0.4 is 0 Å². The molecule has 3 rings (SSSR count). The van der Waals surface area contributed by atoms with Gasteiger partial charge in [-0.1, -0.05) is 54.6 Å². The van der Waals surface area contributed by atoms with Crippen LogP contribution >= 0.6 is 0 Å². The first kappa shape index (κ1) is 20.6. The molecule has 0 bridgehead atoms. The minimum Gasteiger partial charge on any atom is -0.222 e. The van der Waals surface area contributed by atoms with Crippen LogP contribution in [0.15, 0.2) is 95.3 Å². The molecule has 4 nitrogen and oxygen atoms in total. The van der Waals surface area contributed by atoms with Crippen molar-refractivity contribution < 1.29 is 16.8 Å². The van der Waals surface area contributed by atoms with E-state index in [0.29, 0.717) is 0 Å². The van der Waals surface area contributed by atoms with Crippen LogP contribution in [-0.2, 0) is 19.7 Å². The number of hydrogen-bond acceptors (Lipinski definition) is 4. The van der Waals surface area contributed by atoms with Crippen molar-refractivity contribution in [2.45, 2.75) is 33.6 Å². The normalized spacial score (nSPS) is 21.9. The highest BCUT2D eigenvalue weighted by Gasteiger charge is 2.62. The van der Waals surface area contributed by atoms with Crippen molar-refractivity contribution in [2.24, 2.45) is 11.8 Å². The van der Waals surface area contributed by atoms with E-state index in [2.05, 4.69) is 13.2 Å². The van der Waals surface area contributed by atoms with E-state index in [1.807, 2.05) is 6.92 Å². The number of hydrogen-bond donors (Lipinski definition) is 0. The first-order valence-electron chi connectivity index (χ1n) is 9.05. The van der Waals surface area contributed by atoms with Gasteiger partial charge in [0, 0.05) is 0 Å². The van der Waals surface area contributed by atoms with Gasteiger partial charge >= 0.3 is 0 Å². The second kappa shape index (κ2) is 7.33. The Labute approximate surface area is 167 Å².